The van der Waals surface area contributed by atoms with Crippen molar-refractivity contribution in [2.24, 2.45) is 0 Å². The molecule has 2 fully saturated rings. The van der Waals surface area contributed by atoms with Crippen LogP contribution in [-0.2, 0) is 16.6 Å². The Hall–Kier alpha value is -3.29. The van der Waals surface area contributed by atoms with E-state index < -0.39 is 35.9 Å². The summed E-state index contributed by atoms with van der Waals surface area (Å²) >= 11 is 1.45. The lowest BCUT2D eigenvalue weighted by Gasteiger charge is -2.48. The van der Waals surface area contributed by atoms with Crippen molar-refractivity contribution in [2.75, 3.05) is 24.5 Å². The number of pyridine rings is 1. The van der Waals surface area contributed by atoms with E-state index in [1.165, 1.54) is 29.7 Å². The average Bonchev–Trinajstić information content (AvgIpc) is 3.40. The van der Waals surface area contributed by atoms with E-state index in [-0.39, 0.29) is 23.3 Å². The van der Waals surface area contributed by atoms with E-state index >= 15 is 0 Å². The van der Waals surface area contributed by atoms with E-state index in [9.17, 15) is 33.0 Å². The summed E-state index contributed by atoms with van der Waals surface area (Å²) in [6, 6.07) is 4.60. The number of anilines is 1. The molecule has 202 valence electrons. The van der Waals surface area contributed by atoms with Crippen LogP contribution in [0, 0.1) is 0 Å². The number of hydrogen-bond donors (Lipinski definition) is 3. The highest BCUT2D eigenvalue weighted by Crippen LogP contribution is 2.41. The number of alkyl halides is 3. The van der Waals surface area contributed by atoms with Crippen LogP contribution in [0.25, 0.3) is 10.8 Å². The molecular weight excluding hydrogens is 523 g/mol. The van der Waals surface area contributed by atoms with Gasteiger partial charge in [-0.15, -0.1) is 11.3 Å². The number of aromatic nitrogens is 2. The highest BCUT2D eigenvalue weighted by atomic mass is 32.1. The van der Waals surface area contributed by atoms with Crippen LogP contribution in [0.4, 0.5) is 23.8 Å². The van der Waals surface area contributed by atoms with Gasteiger partial charge in [-0.2, -0.15) is 13.2 Å². The van der Waals surface area contributed by atoms with E-state index in [2.05, 4.69) is 20.2 Å². The Morgan fingerprint density at radius 3 is 2.58 bits per heavy atom. The summed E-state index contributed by atoms with van der Waals surface area (Å²) < 4.78 is 39.7. The number of carbonyl (C=O) groups is 2. The molecule has 1 aliphatic carbocycles. The fourth-order valence-electron chi connectivity index (χ4n) is 5.23. The fourth-order valence-corrected chi connectivity index (χ4v) is 6.01. The first-order valence-electron chi connectivity index (χ1n) is 12.1. The van der Waals surface area contributed by atoms with E-state index in [0.29, 0.717) is 36.2 Å². The molecule has 0 bridgehead atoms. The highest BCUT2D eigenvalue weighted by Gasteiger charge is 2.41. The third-order valence-corrected chi connectivity index (χ3v) is 8.29. The molecule has 1 saturated carbocycles. The number of rotatable bonds is 6. The summed E-state index contributed by atoms with van der Waals surface area (Å²) in [6.45, 7) is 0.605. The maximum Gasteiger partial charge on any atom is 0.416 e. The second-order valence-corrected chi connectivity index (χ2v) is 10.7. The molecule has 0 radical (unpaired) electrons. The molecule has 2 aliphatic rings. The van der Waals surface area contributed by atoms with Crippen molar-refractivity contribution in [1.29, 1.82) is 0 Å². The molecule has 1 aromatic carbocycles. The first-order chi connectivity index (χ1) is 18.0. The molecule has 3 aromatic rings. The van der Waals surface area contributed by atoms with Gasteiger partial charge in [0.25, 0.3) is 0 Å². The Kier molecular flexibility index (Phi) is 7.01. The summed E-state index contributed by atoms with van der Waals surface area (Å²) in [5.41, 5.74) is -0.0618. The molecule has 5 rings (SSSR count). The Bertz CT molecular complexity index is 1320. The number of benzene rings is 1. The number of fused-ring (bicyclic) bond motifs is 1. The van der Waals surface area contributed by atoms with Gasteiger partial charge >= 0.3 is 12.3 Å². The van der Waals surface area contributed by atoms with Crippen molar-refractivity contribution in [3.63, 3.8) is 0 Å². The molecule has 2 aromatic heterocycles. The molecule has 1 aliphatic heterocycles. The Morgan fingerprint density at radius 1 is 1.21 bits per heavy atom. The zero-order chi connectivity index (χ0) is 27.1. The SMILES string of the molecule is O=C(CN(C(=O)O)c1nccc2ccc(C(F)(F)F)cc12)NC1CN([C@H]2CC[C@](O)(c3cncs3)CC2)C1. The van der Waals surface area contributed by atoms with E-state index in [1.54, 1.807) is 11.7 Å². The van der Waals surface area contributed by atoms with Gasteiger partial charge in [0, 0.05) is 36.9 Å². The molecule has 0 atom stereocenters. The number of nitrogens with zero attached hydrogens (tertiary/aromatic N) is 4. The molecule has 0 spiro atoms. The first kappa shape index (κ1) is 26.3. The quantitative estimate of drug-likeness (QED) is 0.428. The van der Waals surface area contributed by atoms with Crippen molar-refractivity contribution in [3.05, 3.63) is 52.6 Å². The fraction of sp³-hybridized carbons (Fsp3) is 0.440. The van der Waals surface area contributed by atoms with Gasteiger partial charge in [-0.25, -0.2) is 9.78 Å². The van der Waals surface area contributed by atoms with Crippen molar-refractivity contribution in [3.8, 4) is 0 Å². The molecule has 9 nitrogen and oxygen atoms in total. The van der Waals surface area contributed by atoms with Crippen LogP contribution in [0.1, 0.15) is 36.1 Å². The van der Waals surface area contributed by atoms with Gasteiger partial charge in [-0.05, 0) is 49.3 Å². The molecule has 0 unspecified atom stereocenters. The number of thiazole rings is 1. The molecular formula is C25H26F3N5O4S. The zero-order valence-electron chi connectivity index (χ0n) is 20.2. The lowest BCUT2D eigenvalue weighted by molar-refractivity contribution is -0.137. The van der Waals surface area contributed by atoms with Crippen LogP contribution < -0.4 is 10.2 Å². The zero-order valence-corrected chi connectivity index (χ0v) is 21.0. The third kappa shape index (κ3) is 5.31. The number of carboxylic acid groups (broad SMARTS) is 1. The monoisotopic (exact) mass is 549 g/mol. The first-order valence-corrected chi connectivity index (χ1v) is 13.0. The van der Waals surface area contributed by atoms with Crippen LogP contribution >= 0.6 is 11.3 Å². The van der Waals surface area contributed by atoms with Crippen LogP contribution in [-0.4, -0.2) is 68.8 Å². The number of likely N-dealkylation sites (tertiary alicyclic amines) is 1. The van der Waals surface area contributed by atoms with Crippen LogP contribution in [0.2, 0.25) is 0 Å². The van der Waals surface area contributed by atoms with Gasteiger partial charge in [-0.3, -0.25) is 19.6 Å². The molecule has 3 heterocycles. The minimum Gasteiger partial charge on any atom is -0.465 e. The molecule has 3 N–H and O–H groups in total. The lowest BCUT2D eigenvalue weighted by Crippen LogP contribution is -2.63. The van der Waals surface area contributed by atoms with Gasteiger partial charge in [0.1, 0.15) is 18.0 Å². The number of halogens is 3. The highest BCUT2D eigenvalue weighted by molar-refractivity contribution is 7.09. The number of nitrogens with one attached hydrogen (secondary N) is 1. The summed E-state index contributed by atoms with van der Waals surface area (Å²) in [4.78, 5) is 36.5. The maximum absolute atomic E-state index is 13.2. The molecule has 38 heavy (non-hydrogen) atoms. The summed E-state index contributed by atoms with van der Waals surface area (Å²) in [5.74, 6) is -0.798. The van der Waals surface area contributed by atoms with Gasteiger partial charge in [-0.1, -0.05) is 6.07 Å². The topological polar surface area (TPSA) is 119 Å². The Balaban J connectivity index is 1.18. The van der Waals surface area contributed by atoms with Gasteiger partial charge in [0.2, 0.25) is 5.91 Å². The predicted molar refractivity (Wildman–Crippen MR) is 134 cm³/mol. The summed E-state index contributed by atoms with van der Waals surface area (Å²) in [5, 5.41) is 23.8. The summed E-state index contributed by atoms with van der Waals surface area (Å²) in [6.07, 6.45) is -0.205. The van der Waals surface area contributed by atoms with Crippen LogP contribution in [0.3, 0.4) is 0 Å². The van der Waals surface area contributed by atoms with E-state index in [0.717, 1.165) is 29.9 Å². The van der Waals surface area contributed by atoms with E-state index in [4.69, 9.17) is 0 Å². The molecule has 1 saturated heterocycles. The number of hydrogen-bond acceptors (Lipinski definition) is 7. The third-order valence-electron chi connectivity index (χ3n) is 7.33. The Labute approximate surface area is 219 Å². The second-order valence-electron chi connectivity index (χ2n) is 9.78. The Morgan fingerprint density at radius 2 is 1.95 bits per heavy atom. The number of amides is 2. The minimum atomic E-state index is -4.61. The van der Waals surface area contributed by atoms with Crippen LogP contribution in [0.5, 0.6) is 0 Å². The van der Waals surface area contributed by atoms with Crippen molar-refractivity contribution < 1.29 is 33.0 Å². The normalized spacial score (nSPS) is 22.7. The van der Waals surface area contributed by atoms with Gasteiger partial charge in [0.15, 0.2) is 0 Å². The van der Waals surface area contributed by atoms with Crippen LogP contribution in [0.15, 0.2) is 42.2 Å². The second kappa shape index (κ2) is 10.1. The maximum atomic E-state index is 13.2. The number of aliphatic hydroxyl groups is 1. The van der Waals surface area contributed by atoms with Crippen molar-refractivity contribution in [2.45, 2.75) is 49.5 Å². The van der Waals surface area contributed by atoms with Gasteiger partial charge < -0.3 is 15.5 Å². The molecule has 2 amide bonds. The van der Waals surface area contributed by atoms with Crippen molar-refractivity contribution >= 4 is 39.9 Å². The minimum absolute atomic E-state index is 0.0112. The smallest absolute Gasteiger partial charge is 0.416 e. The number of carbonyl (C=O) groups excluding carboxylic acids is 1. The largest absolute Gasteiger partial charge is 0.465 e. The lowest BCUT2D eigenvalue weighted by atomic mass is 9.80. The standard InChI is InChI=1S/C25H26F3N5O4S/c26-25(27,28)16-2-1-15-5-8-30-22(19(15)9-16)33(23(35)36)13-21(34)31-17-11-32(12-17)18-3-6-24(37,7-4-18)20-10-29-14-38-20/h1-2,5,8-10,14,17-18,37H,3-4,6-7,11-13H2,(H,31,34)(H,35,36)/t18-,24+. The van der Waals surface area contributed by atoms with Gasteiger partial charge in [0.05, 0.1) is 22.0 Å². The predicted octanol–water partition coefficient (Wildman–Crippen LogP) is 3.83. The van der Waals surface area contributed by atoms with Crippen molar-refractivity contribution in [1.82, 2.24) is 20.2 Å². The average molecular weight is 550 g/mol. The molecule has 13 heteroatoms. The van der Waals surface area contributed by atoms with E-state index in [1.807, 2.05) is 0 Å². The summed E-state index contributed by atoms with van der Waals surface area (Å²) in [7, 11) is 0.